The van der Waals surface area contributed by atoms with Gasteiger partial charge in [-0.25, -0.2) is 8.42 Å². The molecular weight excluding hydrogens is 262 g/mol. The lowest BCUT2D eigenvalue weighted by molar-refractivity contribution is 0.213. The highest BCUT2D eigenvalue weighted by atomic mass is 32.2. The highest BCUT2D eigenvalue weighted by molar-refractivity contribution is 7.91. The van der Waals surface area contributed by atoms with Gasteiger partial charge < -0.3 is 10.5 Å². The normalized spacial score (nSPS) is 22.9. The molecule has 4 nitrogen and oxygen atoms in total. The number of nitrogens with two attached hydrogens (primary N) is 1. The van der Waals surface area contributed by atoms with Crippen LogP contribution in [0.5, 0.6) is 5.75 Å². The van der Waals surface area contributed by atoms with Crippen molar-refractivity contribution in [1.29, 1.82) is 0 Å². The third-order valence-electron chi connectivity index (χ3n) is 3.78. The van der Waals surface area contributed by atoms with E-state index in [0.29, 0.717) is 19.4 Å². The molecule has 1 aromatic rings. The van der Waals surface area contributed by atoms with Gasteiger partial charge in [-0.3, -0.25) is 0 Å². The van der Waals surface area contributed by atoms with Gasteiger partial charge in [-0.05, 0) is 26.3 Å². The molecule has 1 aromatic carbocycles. The SMILES string of the molecule is CC(C)S(=O)(=O)CCC1(N)CCOc2ccccc21. The first-order valence-corrected chi connectivity index (χ1v) is 8.29. The smallest absolute Gasteiger partial charge is 0.152 e. The minimum absolute atomic E-state index is 0.121. The minimum atomic E-state index is -3.06. The van der Waals surface area contributed by atoms with Gasteiger partial charge in [-0.2, -0.15) is 0 Å². The number of fused-ring (bicyclic) bond motifs is 1. The lowest BCUT2D eigenvalue weighted by Gasteiger charge is -2.35. The molecule has 0 aliphatic carbocycles. The van der Waals surface area contributed by atoms with Crippen molar-refractivity contribution in [2.75, 3.05) is 12.4 Å². The second-order valence-electron chi connectivity index (χ2n) is 5.42. The second kappa shape index (κ2) is 5.13. The van der Waals surface area contributed by atoms with E-state index in [9.17, 15) is 8.42 Å². The van der Waals surface area contributed by atoms with Gasteiger partial charge in [0, 0.05) is 17.5 Å². The maximum absolute atomic E-state index is 11.9. The number of sulfone groups is 1. The van der Waals surface area contributed by atoms with E-state index < -0.39 is 15.4 Å². The van der Waals surface area contributed by atoms with E-state index in [1.54, 1.807) is 13.8 Å². The van der Waals surface area contributed by atoms with E-state index in [1.165, 1.54) is 0 Å². The highest BCUT2D eigenvalue weighted by Gasteiger charge is 2.35. The molecule has 0 amide bonds. The summed E-state index contributed by atoms with van der Waals surface area (Å²) in [6.45, 7) is 3.95. The Hall–Kier alpha value is -1.07. The monoisotopic (exact) mass is 283 g/mol. The zero-order valence-electron chi connectivity index (χ0n) is 11.4. The topological polar surface area (TPSA) is 69.4 Å². The zero-order chi connectivity index (χ0) is 14.1. The largest absolute Gasteiger partial charge is 0.493 e. The Morgan fingerprint density at radius 2 is 2.05 bits per heavy atom. The first kappa shape index (κ1) is 14.3. The Balaban J connectivity index is 2.21. The molecule has 2 N–H and O–H groups in total. The van der Waals surface area contributed by atoms with Crippen molar-refractivity contribution in [3.63, 3.8) is 0 Å². The average Bonchev–Trinajstić information content (AvgIpc) is 2.37. The van der Waals surface area contributed by atoms with Crippen molar-refractivity contribution in [2.24, 2.45) is 5.73 Å². The fourth-order valence-corrected chi connectivity index (χ4v) is 3.42. The Morgan fingerprint density at radius 1 is 1.37 bits per heavy atom. The Labute approximate surface area is 114 Å². The van der Waals surface area contributed by atoms with Crippen LogP contribution in [0.2, 0.25) is 0 Å². The van der Waals surface area contributed by atoms with Crippen molar-refractivity contribution in [3.05, 3.63) is 29.8 Å². The quantitative estimate of drug-likeness (QED) is 0.915. The number of rotatable bonds is 4. The number of hydrogen-bond acceptors (Lipinski definition) is 4. The molecule has 5 heteroatoms. The number of para-hydroxylation sites is 1. The Morgan fingerprint density at radius 3 is 2.74 bits per heavy atom. The summed E-state index contributed by atoms with van der Waals surface area (Å²) < 4.78 is 29.4. The molecule has 0 spiro atoms. The number of benzene rings is 1. The predicted molar refractivity (Wildman–Crippen MR) is 76.0 cm³/mol. The summed E-state index contributed by atoms with van der Waals surface area (Å²) >= 11 is 0. The molecule has 1 aliphatic heterocycles. The van der Waals surface area contributed by atoms with Crippen molar-refractivity contribution < 1.29 is 13.2 Å². The lowest BCUT2D eigenvalue weighted by Crippen LogP contribution is -2.43. The molecule has 1 unspecified atom stereocenters. The molecular formula is C14H21NO3S. The van der Waals surface area contributed by atoms with Crippen molar-refractivity contribution in [2.45, 2.75) is 37.5 Å². The van der Waals surface area contributed by atoms with Crippen LogP contribution >= 0.6 is 0 Å². The molecule has 0 bridgehead atoms. The minimum Gasteiger partial charge on any atom is -0.493 e. The molecule has 106 valence electrons. The average molecular weight is 283 g/mol. The number of ether oxygens (including phenoxy) is 1. The third kappa shape index (κ3) is 2.92. The van der Waals surface area contributed by atoms with E-state index in [-0.39, 0.29) is 11.0 Å². The molecule has 19 heavy (non-hydrogen) atoms. The van der Waals surface area contributed by atoms with Crippen LogP contribution in [-0.4, -0.2) is 26.0 Å². The van der Waals surface area contributed by atoms with Gasteiger partial charge in [-0.15, -0.1) is 0 Å². The maximum Gasteiger partial charge on any atom is 0.152 e. The van der Waals surface area contributed by atoms with Crippen LogP contribution in [0.4, 0.5) is 0 Å². The van der Waals surface area contributed by atoms with Crippen LogP contribution in [-0.2, 0) is 15.4 Å². The van der Waals surface area contributed by atoms with E-state index in [4.69, 9.17) is 10.5 Å². The van der Waals surface area contributed by atoms with Crippen LogP contribution in [0, 0.1) is 0 Å². The Kier molecular flexibility index (Phi) is 3.87. The van der Waals surface area contributed by atoms with Crippen LogP contribution in [0.3, 0.4) is 0 Å². The molecule has 2 rings (SSSR count). The van der Waals surface area contributed by atoms with Gasteiger partial charge in [0.05, 0.1) is 17.6 Å². The number of hydrogen-bond donors (Lipinski definition) is 1. The Bertz CT molecular complexity index is 554. The van der Waals surface area contributed by atoms with E-state index in [0.717, 1.165) is 11.3 Å². The third-order valence-corrected chi connectivity index (χ3v) is 5.99. The second-order valence-corrected chi connectivity index (χ2v) is 8.09. The zero-order valence-corrected chi connectivity index (χ0v) is 12.2. The van der Waals surface area contributed by atoms with Gasteiger partial charge in [0.25, 0.3) is 0 Å². The predicted octanol–water partition coefficient (Wildman–Crippen LogP) is 1.84. The van der Waals surface area contributed by atoms with Crippen LogP contribution in [0.25, 0.3) is 0 Å². The summed E-state index contributed by atoms with van der Waals surface area (Å²) in [5, 5.41) is -0.355. The lowest BCUT2D eigenvalue weighted by atomic mass is 9.83. The van der Waals surface area contributed by atoms with Crippen molar-refractivity contribution in [3.8, 4) is 5.75 Å². The first-order valence-electron chi connectivity index (χ1n) is 6.58. The highest BCUT2D eigenvalue weighted by Crippen LogP contribution is 2.37. The standard InChI is InChI=1S/C14H21NO3S/c1-11(2)19(16,17)10-8-14(15)7-9-18-13-6-4-3-5-12(13)14/h3-6,11H,7-10,15H2,1-2H3. The van der Waals surface area contributed by atoms with Crippen LogP contribution < -0.4 is 10.5 Å². The summed E-state index contributed by atoms with van der Waals surface area (Å²) in [6.07, 6.45) is 1.09. The first-order chi connectivity index (χ1) is 8.85. The molecule has 0 aromatic heterocycles. The van der Waals surface area contributed by atoms with Crippen molar-refractivity contribution in [1.82, 2.24) is 0 Å². The molecule has 0 saturated heterocycles. The van der Waals surface area contributed by atoms with Crippen LogP contribution in [0.15, 0.2) is 24.3 Å². The molecule has 0 fully saturated rings. The summed E-state index contributed by atoms with van der Waals surface area (Å²) in [6, 6.07) is 7.62. The fraction of sp³-hybridized carbons (Fsp3) is 0.571. The fourth-order valence-electron chi connectivity index (χ4n) is 2.30. The molecule has 0 radical (unpaired) electrons. The summed E-state index contributed by atoms with van der Waals surface area (Å²) in [5.74, 6) is 0.897. The van der Waals surface area contributed by atoms with E-state index in [2.05, 4.69) is 0 Å². The molecule has 1 aliphatic rings. The van der Waals surface area contributed by atoms with Gasteiger partial charge in [0.15, 0.2) is 9.84 Å². The summed E-state index contributed by atoms with van der Waals surface area (Å²) in [5.41, 5.74) is 6.75. The summed E-state index contributed by atoms with van der Waals surface area (Å²) in [4.78, 5) is 0. The van der Waals surface area contributed by atoms with Crippen molar-refractivity contribution >= 4 is 9.84 Å². The van der Waals surface area contributed by atoms with Gasteiger partial charge in [0.1, 0.15) is 5.75 Å². The van der Waals surface area contributed by atoms with Gasteiger partial charge >= 0.3 is 0 Å². The summed E-state index contributed by atoms with van der Waals surface area (Å²) in [7, 11) is -3.06. The van der Waals surface area contributed by atoms with Crippen LogP contribution in [0.1, 0.15) is 32.3 Å². The van der Waals surface area contributed by atoms with Gasteiger partial charge in [0.2, 0.25) is 0 Å². The molecule has 1 heterocycles. The van der Waals surface area contributed by atoms with Gasteiger partial charge in [-0.1, -0.05) is 18.2 Å². The van der Waals surface area contributed by atoms with E-state index in [1.807, 2.05) is 24.3 Å². The maximum atomic E-state index is 11.9. The molecule has 1 atom stereocenters. The molecule has 0 saturated carbocycles. The van der Waals surface area contributed by atoms with E-state index >= 15 is 0 Å².